The molecule has 0 aliphatic heterocycles. The summed E-state index contributed by atoms with van der Waals surface area (Å²) in [5.41, 5.74) is -0.896. The Labute approximate surface area is 84.5 Å². The lowest BCUT2D eigenvalue weighted by molar-refractivity contribution is -0.140. The SMILES string of the molecule is FC(F)(F)c1n[nH]c2cc(Br)cnc12. The quantitative estimate of drug-likeness (QED) is 0.796. The topological polar surface area (TPSA) is 41.6 Å². The van der Waals surface area contributed by atoms with Gasteiger partial charge in [-0.15, -0.1) is 0 Å². The van der Waals surface area contributed by atoms with Crippen LogP contribution in [0.4, 0.5) is 13.2 Å². The fourth-order valence-corrected chi connectivity index (χ4v) is 1.41. The van der Waals surface area contributed by atoms with Gasteiger partial charge in [0.05, 0.1) is 5.52 Å². The molecule has 14 heavy (non-hydrogen) atoms. The lowest BCUT2D eigenvalue weighted by Gasteiger charge is -2.00. The number of rotatable bonds is 0. The smallest absolute Gasteiger partial charge is 0.276 e. The highest BCUT2D eigenvalue weighted by molar-refractivity contribution is 9.10. The molecule has 0 aromatic carbocycles. The van der Waals surface area contributed by atoms with Crippen LogP contribution in [0, 0.1) is 0 Å². The first kappa shape index (κ1) is 9.45. The maximum absolute atomic E-state index is 12.3. The Morgan fingerprint density at radius 2 is 2.07 bits per heavy atom. The van der Waals surface area contributed by atoms with Gasteiger partial charge in [-0.25, -0.2) is 0 Å². The van der Waals surface area contributed by atoms with E-state index in [9.17, 15) is 13.2 Å². The molecule has 0 bridgehead atoms. The van der Waals surface area contributed by atoms with Gasteiger partial charge in [0.1, 0.15) is 5.52 Å². The van der Waals surface area contributed by atoms with Crippen molar-refractivity contribution in [3.63, 3.8) is 0 Å². The van der Waals surface area contributed by atoms with Gasteiger partial charge in [0.15, 0.2) is 5.69 Å². The summed E-state index contributed by atoms with van der Waals surface area (Å²) in [6.45, 7) is 0. The van der Waals surface area contributed by atoms with Crippen molar-refractivity contribution in [3.05, 3.63) is 22.4 Å². The highest BCUT2D eigenvalue weighted by atomic mass is 79.9. The molecule has 74 valence electrons. The number of aromatic nitrogens is 3. The molecule has 0 atom stereocenters. The standard InChI is InChI=1S/C7H3BrF3N3/c8-3-1-4-5(12-2-3)6(14-13-4)7(9,10)11/h1-2H,(H,13,14). The number of aromatic amines is 1. The number of hydrogen-bond donors (Lipinski definition) is 1. The number of halogens is 4. The zero-order chi connectivity index (χ0) is 10.3. The van der Waals surface area contributed by atoms with Crippen molar-refractivity contribution < 1.29 is 13.2 Å². The van der Waals surface area contributed by atoms with E-state index in [2.05, 4.69) is 31.1 Å². The maximum atomic E-state index is 12.3. The van der Waals surface area contributed by atoms with Crippen molar-refractivity contribution in [2.75, 3.05) is 0 Å². The Kier molecular flexibility index (Phi) is 1.99. The molecule has 0 aliphatic carbocycles. The van der Waals surface area contributed by atoms with Crippen LogP contribution in [0.1, 0.15) is 5.69 Å². The largest absolute Gasteiger partial charge is 0.437 e. The van der Waals surface area contributed by atoms with Gasteiger partial charge in [-0.2, -0.15) is 18.3 Å². The van der Waals surface area contributed by atoms with E-state index in [4.69, 9.17) is 0 Å². The molecule has 7 heteroatoms. The maximum Gasteiger partial charge on any atom is 0.437 e. The van der Waals surface area contributed by atoms with Gasteiger partial charge < -0.3 is 0 Å². The van der Waals surface area contributed by atoms with Gasteiger partial charge in [0, 0.05) is 10.7 Å². The van der Waals surface area contributed by atoms with E-state index in [1.165, 1.54) is 12.3 Å². The second-order valence-electron chi connectivity index (χ2n) is 2.62. The van der Waals surface area contributed by atoms with Crippen molar-refractivity contribution in [2.24, 2.45) is 0 Å². The van der Waals surface area contributed by atoms with Crippen LogP contribution in [-0.4, -0.2) is 15.2 Å². The first-order chi connectivity index (χ1) is 6.48. The summed E-state index contributed by atoms with van der Waals surface area (Å²) in [7, 11) is 0. The average Bonchev–Trinajstić information content (AvgIpc) is 2.45. The zero-order valence-electron chi connectivity index (χ0n) is 6.56. The van der Waals surface area contributed by atoms with Crippen LogP contribution in [0.3, 0.4) is 0 Å². The summed E-state index contributed by atoms with van der Waals surface area (Å²) < 4.78 is 37.6. The molecule has 0 aliphatic rings. The summed E-state index contributed by atoms with van der Waals surface area (Å²) >= 11 is 3.10. The van der Waals surface area contributed by atoms with Crippen LogP contribution in [-0.2, 0) is 6.18 Å². The van der Waals surface area contributed by atoms with Gasteiger partial charge in [-0.05, 0) is 22.0 Å². The van der Waals surface area contributed by atoms with Gasteiger partial charge in [0.25, 0.3) is 0 Å². The predicted octanol–water partition coefficient (Wildman–Crippen LogP) is 2.74. The summed E-state index contributed by atoms with van der Waals surface area (Å²) in [5, 5.41) is 5.45. The molecule has 2 aromatic heterocycles. The molecule has 0 fully saturated rings. The Morgan fingerprint density at radius 3 is 2.71 bits per heavy atom. The highest BCUT2D eigenvalue weighted by Crippen LogP contribution is 2.32. The highest BCUT2D eigenvalue weighted by Gasteiger charge is 2.36. The molecular formula is C7H3BrF3N3. The number of hydrogen-bond acceptors (Lipinski definition) is 2. The first-order valence-corrected chi connectivity index (χ1v) is 4.34. The van der Waals surface area contributed by atoms with Gasteiger partial charge >= 0.3 is 6.18 Å². The summed E-state index contributed by atoms with van der Waals surface area (Å²) in [4.78, 5) is 3.65. The summed E-state index contributed by atoms with van der Waals surface area (Å²) in [6, 6.07) is 1.49. The molecule has 0 saturated heterocycles. The summed E-state index contributed by atoms with van der Waals surface area (Å²) in [5.74, 6) is 0. The number of nitrogens with one attached hydrogen (secondary N) is 1. The van der Waals surface area contributed by atoms with E-state index in [1.807, 2.05) is 0 Å². The molecule has 2 heterocycles. The second kappa shape index (κ2) is 2.94. The van der Waals surface area contributed by atoms with Crippen molar-refractivity contribution in [1.29, 1.82) is 0 Å². The molecular weight excluding hydrogens is 263 g/mol. The molecule has 2 aromatic rings. The Balaban J connectivity index is 2.70. The number of pyridine rings is 1. The van der Waals surface area contributed by atoms with Crippen LogP contribution in [0.25, 0.3) is 11.0 Å². The zero-order valence-corrected chi connectivity index (χ0v) is 8.15. The van der Waals surface area contributed by atoms with Crippen LogP contribution < -0.4 is 0 Å². The van der Waals surface area contributed by atoms with Crippen molar-refractivity contribution >= 4 is 27.0 Å². The third-order valence-electron chi connectivity index (χ3n) is 1.64. The van der Waals surface area contributed by atoms with E-state index in [-0.39, 0.29) is 11.0 Å². The normalized spacial score (nSPS) is 12.3. The Bertz CT molecular complexity index is 476. The fraction of sp³-hybridized carbons (Fsp3) is 0.143. The van der Waals surface area contributed by atoms with Crippen LogP contribution >= 0.6 is 15.9 Å². The minimum atomic E-state index is -4.47. The molecule has 0 unspecified atom stereocenters. The molecule has 2 rings (SSSR count). The van der Waals surface area contributed by atoms with E-state index in [0.29, 0.717) is 4.47 Å². The fourth-order valence-electron chi connectivity index (χ4n) is 1.08. The van der Waals surface area contributed by atoms with Gasteiger partial charge in [0.2, 0.25) is 0 Å². The molecule has 0 saturated carbocycles. The lowest BCUT2D eigenvalue weighted by atomic mass is 10.3. The third-order valence-corrected chi connectivity index (χ3v) is 2.07. The van der Waals surface area contributed by atoms with Crippen LogP contribution in [0.5, 0.6) is 0 Å². The van der Waals surface area contributed by atoms with E-state index in [1.54, 1.807) is 0 Å². The van der Waals surface area contributed by atoms with Gasteiger partial charge in [-0.1, -0.05) is 0 Å². The number of H-pyrrole nitrogens is 1. The minimum Gasteiger partial charge on any atom is -0.276 e. The second-order valence-corrected chi connectivity index (χ2v) is 3.54. The molecule has 0 radical (unpaired) electrons. The molecule has 0 amide bonds. The molecule has 1 N–H and O–H groups in total. The first-order valence-electron chi connectivity index (χ1n) is 3.55. The van der Waals surface area contributed by atoms with E-state index >= 15 is 0 Å². The Morgan fingerprint density at radius 1 is 1.36 bits per heavy atom. The lowest BCUT2D eigenvalue weighted by Crippen LogP contribution is -2.06. The van der Waals surface area contributed by atoms with Crippen molar-refractivity contribution in [2.45, 2.75) is 6.18 Å². The minimum absolute atomic E-state index is 0.166. The average molecular weight is 266 g/mol. The number of fused-ring (bicyclic) bond motifs is 1. The molecule has 3 nitrogen and oxygen atoms in total. The van der Waals surface area contributed by atoms with Gasteiger partial charge in [-0.3, -0.25) is 10.1 Å². The van der Waals surface area contributed by atoms with Crippen LogP contribution in [0.2, 0.25) is 0 Å². The van der Waals surface area contributed by atoms with E-state index < -0.39 is 11.9 Å². The predicted molar refractivity (Wildman–Crippen MR) is 46.6 cm³/mol. The number of alkyl halides is 3. The monoisotopic (exact) mass is 265 g/mol. The van der Waals surface area contributed by atoms with Crippen LogP contribution in [0.15, 0.2) is 16.7 Å². The third kappa shape index (κ3) is 1.47. The Hall–Kier alpha value is -1.11. The molecule has 0 spiro atoms. The summed E-state index contributed by atoms with van der Waals surface area (Å²) in [6.07, 6.45) is -3.17. The van der Waals surface area contributed by atoms with Crippen molar-refractivity contribution in [1.82, 2.24) is 15.2 Å². The van der Waals surface area contributed by atoms with Crippen molar-refractivity contribution in [3.8, 4) is 0 Å². The number of nitrogens with zero attached hydrogens (tertiary/aromatic N) is 2. The van der Waals surface area contributed by atoms with E-state index in [0.717, 1.165) is 0 Å².